The lowest BCUT2D eigenvalue weighted by molar-refractivity contribution is 0.129. The van der Waals surface area contributed by atoms with Crippen LogP contribution < -0.4 is 19.3 Å². The zero-order valence-electron chi connectivity index (χ0n) is 14.4. The van der Waals surface area contributed by atoms with Gasteiger partial charge in [-0.3, -0.25) is 4.98 Å². The number of piperidine rings is 1. The molecule has 0 bridgehead atoms. The molecule has 0 spiro atoms. The molecule has 1 N–H and O–H groups in total. The number of fused-ring (bicyclic) bond motifs is 1. The van der Waals surface area contributed by atoms with Gasteiger partial charge in [-0.05, 0) is 24.1 Å². The van der Waals surface area contributed by atoms with E-state index < -0.39 is 6.10 Å². The third-order valence-electron chi connectivity index (χ3n) is 4.80. The van der Waals surface area contributed by atoms with Gasteiger partial charge in [-0.2, -0.15) is 0 Å². The lowest BCUT2D eigenvalue weighted by atomic mass is 9.87. The van der Waals surface area contributed by atoms with Gasteiger partial charge in [0.15, 0.2) is 11.5 Å². The highest BCUT2D eigenvalue weighted by Crippen LogP contribution is 2.38. The van der Waals surface area contributed by atoms with E-state index in [0.29, 0.717) is 6.54 Å². The molecule has 1 aromatic heterocycles. The van der Waals surface area contributed by atoms with Gasteiger partial charge in [0.05, 0.1) is 18.5 Å². The topological polar surface area (TPSA) is 71.0 Å². The molecule has 7 nitrogen and oxygen atoms in total. The summed E-state index contributed by atoms with van der Waals surface area (Å²) in [5.41, 5.74) is 1.09. The van der Waals surface area contributed by atoms with Crippen molar-refractivity contribution in [3.8, 4) is 11.5 Å². The van der Waals surface area contributed by atoms with E-state index in [1.54, 1.807) is 12.4 Å². The molecule has 2 aliphatic heterocycles. The van der Waals surface area contributed by atoms with Crippen LogP contribution in [0.2, 0.25) is 0 Å². The number of rotatable bonds is 3. The lowest BCUT2D eigenvalue weighted by Crippen LogP contribution is -2.43. The molecular formula is C18H22N4O3. The zero-order valence-corrected chi connectivity index (χ0v) is 14.4. The van der Waals surface area contributed by atoms with Crippen LogP contribution in [0.4, 0.5) is 11.6 Å². The van der Waals surface area contributed by atoms with Crippen molar-refractivity contribution in [2.45, 2.75) is 18.4 Å². The van der Waals surface area contributed by atoms with Gasteiger partial charge < -0.3 is 24.4 Å². The molecule has 3 heterocycles. The molecule has 0 radical (unpaired) electrons. The minimum Gasteiger partial charge on any atom is -0.454 e. The smallest absolute Gasteiger partial charge is 0.231 e. The van der Waals surface area contributed by atoms with Crippen LogP contribution >= 0.6 is 0 Å². The average molecular weight is 342 g/mol. The van der Waals surface area contributed by atoms with Crippen LogP contribution in [-0.4, -0.2) is 55.2 Å². The number of aromatic nitrogens is 2. The number of β-amino-alcohol motifs (C(OH)–C–C–N with tert-alkyl or cyclic N) is 1. The zero-order chi connectivity index (χ0) is 17.4. The number of benzene rings is 1. The van der Waals surface area contributed by atoms with Crippen molar-refractivity contribution in [3.63, 3.8) is 0 Å². The molecule has 0 saturated carbocycles. The Bertz CT molecular complexity index is 768. The van der Waals surface area contributed by atoms with Crippen molar-refractivity contribution in [3.05, 3.63) is 36.2 Å². The van der Waals surface area contributed by atoms with E-state index in [1.807, 2.05) is 37.2 Å². The second kappa shape index (κ2) is 6.40. The Morgan fingerprint density at radius 3 is 2.84 bits per heavy atom. The van der Waals surface area contributed by atoms with Gasteiger partial charge >= 0.3 is 0 Å². The highest BCUT2D eigenvalue weighted by atomic mass is 16.7. The molecule has 2 aliphatic rings. The molecule has 25 heavy (non-hydrogen) atoms. The van der Waals surface area contributed by atoms with E-state index in [9.17, 15) is 5.11 Å². The van der Waals surface area contributed by atoms with Gasteiger partial charge in [0, 0.05) is 33.1 Å². The summed E-state index contributed by atoms with van der Waals surface area (Å²) in [5.74, 6) is 3.22. The minimum absolute atomic E-state index is 0.0794. The number of aliphatic hydroxyl groups excluding tert-OH is 1. The van der Waals surface area contributed by atoms with Gasteiger partial charge in [0.2, 0.25) is 6.79 Å². The van der Waals surface area contributed by atoms with E-state index >= 15 is 0 Å². The first-order valence-electron chi connectivity index (χ1n) is 8.44. The first-order valence-corrected chi connectivity index (χ1v) is 8.44. The molecule has 2 aromatic rings. The van der Waals surface area contributed by atoms with Crippen molar-refractivity contribution in [1.29, 1.82) is 0 Å². The predicted molar refractivity (Wildman–Crippen MR) is 94.5 cm³/mol. The van der Waals surface area contributed by atoms with Crippen LogP contribution in [0.1, 0.15) is 17.9 Å². The summed E-state index contributed by atoms with van der Waals surface area (Å²) in [6.45, 7) is 1.62. The van der Waals surface area contributed by atoms with E-state index in [1.165, 1.54) is 0 Å². The fraction of sp³-hybridized carbons (Fsp3) is 0.444. The fourth-order valence-electron chi connectivity index (χ4n) is 3.39. The highest BCUT2D eigenvalue weighted by Gasteiger charge is 2.31. The van der Waals surface area contributed by atoms with Crippen molar-refractivity contribution in [2.24, 2.45) is 0 Å². The number of anilines is 2. The molecule has 132 valence electrons. The molecule has 0 aliphatic carbocycles. The van der Waals surface area contributed by atoms with E-state index in [4.69, 9.17) is 9.47 Å². The number of nitrogens with zero attached hydrogens (tertiary/aromatic N) is 4. The van der Waals surface area contributed by atoms with Crippen molar-refractivity contribution < 1.29 is 14.6 Å². The number of hydrogen-bond donors (Lipinski definition) is 1. The third kappa shape index (κ3) is 3.07. The Balaban J connectivity index is 1.50. The molecule has 1 aromatic carbocycles. The number of hydrogen-bond acceptors (Lipinski definition) is 7. The van der Waals surface area contributed by atoms with Crippen LogP contribution in [0.5, 0.6) is 11.5 Å². The van der Waals surface area contributed by atoms with Crippen LogP contribution in [0, 0.1) is 0 Å². The fourth-order valence-corrected chi connectivity index (χ4v) is 3.39. The predicted octanol–water partition coefficient (Wildman–Crippen LogP) is 1.63. The average Bonchev–Trinajstić information content (AvgIpc) is 3.09. The van der Waals surface area contributed by atoms with Gasteiger partial charge in [0.1, 0.15) is 11.6 Å². The summed E-state index contributed by atoms with van der Waals surface area (Å²) in [7, 11) is 3.88. The summed E-state index contributed by atoms with van der Waals surface area (Å²) >= 11 is 0. The van der Waals surface area contributed by atoms with Crippen LogP contribution in [-0.2, 0) is 0 Å². The maximum atomic E-state index is 10.7. The molecular weight excluding hydrogens is 320 g/mol. The lowest BCUT2D eigenvalue weighted by Gasteiger charge is -2.37. The van der Waals surface area contributed by atoms with Crippen molar-refractivity contribution in [1.82, 2.24) is 9.97 Å². The standard InChI is InChI=1S/C18H22N4O3/c1-21(2)17-8-19-9-18(20-17)22-6-5-13(14(23)10-22)12-3-4-15-16(7-12)25-11-24-15/h3-4,7-9,13-14,23H,5-6,10-11H2,1-2H3/t13-,14+/m0/s1. The van der Waals surface area contributed by atoms with E-state index in [-0.39, 0.29) is 12.7 Å². The van der Waals surface area contributed by atoms with E-state index in [0.717, 1.165) is 41.7 Å². The molecule has 0 unspecified atom stereocenters. The van der Waals surface area contributed by atoms with E-state index in [2.05, 4.69) is 14.9 Å². The Labute approximate surface area is 146 Å². The van der Waals surface area contributed by atoms with Gasteiger partial charge in [-0.25, -0.2) is 4.98 Å². The maximum absolute atomic E-state index is 10.7. The van der Waals surface area contributed by atoms with Crippen LogP contribution in [0.15, 0.2) is 30.6 Å². The summed E-state index contributed by atoms with van der Waals surface area (Å²) in [6, 6.07) is 5.92. The Hall–Kier alpha value is -2.54. The number of aliphatic hydroxyl groups is 1. The summed E-state index contributed by atoms with van der Waals surface area (Å²) in [6.07, 6.45) is 3.85. The first-order chi connectivity index (χ1) is 12.1. The molecule has 0 amide bonds. The number of ether oxygens (including phenoxy) is 2. The van der Waals surface area contributed by atoms with Crippen LogP contribution in [0.3, 0.4) is 0 Å². The second-order valence-corrected chi connectivity index (χ2v) is 6.65. The van der Waals surface area contributed by atoms with Crippen molar-refractivity contribution in [2.75, 3.05) is 43.8 Å². The SMILES string of the molecule is CN(C)c1cncc(N2CC[C@@H](c3ccc4c(c3)OCO4)[C@H](O)C2)n1. The summed E-state index contributed by atoms with van der Waals surface area (Å²) in [4.78, 5) is 12.9. The van der Waals surface area contributed by atoms with Gasteiger partial charge in [-0.1, -0.05) is 6.07 Å². The largest absolute Gasteiger partial charge is 0.454 e. The minimum atomic E-state index is -0.473. The third-order valence-corrected chi connectivity index (χ3v) is 4.80. The Morgan fingerprint density at radius 2 is 2.04 bits per heavy atom. The molecule has 1 saturated heterocycles. The maximum Gasteiger partial charge on any atom is 0.231 e. The van der Waals surface area contributed by atoms with Gasteiger partial charge in [0.25, 0.3) is 0 Å². The normalized spacial score (nSPS) is 22.1. The van der Waals surface area contributed by atoms with Crippen LogP contribution in [0.25, 0.3) is 0 Å². The summed E-state index contributed by atoms with van der Waals surface area (Å²) < 4.78 is 10.8. The summed E-state index contributed by atoms with van der Waals surface area (Å²) in [5, 5.41) is 10.7. The monoisotopic (exact) mass is 342 g/mol. The van der Waals surface area contributed by atoms with Crippen molar-refractivity contribution >= 4 is 11.6 Å². The second-order valence-electron chi connectivity index (χ2n) is 6.65. The molecule has 4 rings (SSSR count). The molecule has 7 heteroatoms. The Kier molecular flexibility index (Phi) is 4.09. The highest BCUT2D eigenvalue weighted by molar-refractivity contribution is 5.48. The van der Waals surface area contributed by atoms with Gasteiger partial charge in [-0.15, -0.1) is 0 Å². The first kappa shape index (κ1) is 16.0. The quantitative estimate of drug-likeness (QED) is 0.909. The molecule has 1 fully saturated rings. The molecule has 2 atom stereocenters. The Morgan fingerprint density at radius 1 is 1.20 bits per heavy atom.